The van der Waals surface area contributed by atoms with E-state index in [9.17, 15) is 20.2 Å². The Morgan fingerprint density at radius 2 is 1.53 bits per heavy atom. The molecule has 0 spiro atoms. The summed E-state index contributed by atoms with van der Waals surface area (Å²) >= 11 is 0. The number of nitro benzene ring substituents is 2. The fourth-order valence-corrected chi connectivity index (χ4v) is 6.04. The highest BCUT2D eigenvalue weighted by molar-refractivity contribution is 5.49. The van der Waals surface area contributed by atoms with Crippen molar-refractivity contribution in [3.05, 3.63) is 91.5 Å². The van der Waals surface area contributed by atoms with Gasteiger partial charge in [0.1, 0.15) is 0 Å². The Hall–Kier alpha value is -3.10. The average molecular weight is 406 g/mol. The van der Waals surface area contributed by atoms with E-state index in [0.29, 0.717) is 17.4 Å². The van der Waals surface area contributed by atoms with Gasteiger partial charge in [0.2, 0.25) is 0 Å². The van der Waals surface area contributed by atoms with Crippen molar-refractivity contribution >= 4 is 11.4 Å². The molecule has 1 saturated carbocycles. The first-order valence-corrected chi connectivity index (χ1v) is 10.0. The minimum atomic E-state index is -0.632. The standard InChI is InChI=1S/C22H18N2O6/c25-23(26)12-6-5-11(17(9-12)24(27)28)10-29-20-15-7-8-16(20)19-18(15)21-13-3-1-2-4-14(13)22(19)30-21/h1-9,15-16,18-22H,10H2/t15-,16-,18-,19-,20?,21-,22+/m0/s1. The van der Waals surface area contributed by atoms with Gasteiger partial charge in [-0.25, -0.2) is 0 Å². The van der Waals surface area contributed by atoms with Crippen molar-refractivity contribution in [2.75, 3.05) is 0 Å². The van der Waals surface area contributed by atoms with E-state index in [2.05, 4.69) is 24.3 Å². The number of nitrogens with zero attached hydrogens (tertiary/aromatic N) is 2. The van der Waals surface area contributed by atoms with Gasteiger partial charge in [-0.3, -0.25) is 20.2 Å². The number of fused-ring (bicyclic) bond motifs is 12. The minimum absolute atomic E-state index is 0.0518. The highest BCUT2D eigenvalue weighted by atomic mass is 16.6. The van der Waals surface area contributed by atoms with Gasteiger partial charge in [-0.15, -0.1) is 0 Å². The number of hydrogen-bond acceptors (Lipinski definition) is 6. The molecule has 2 aromatic rings. The van der Waals surface area contributed by atoms with Gasteiger partial charge in [0.15, 0.2) is 0 Å². The molecule has 0 aromatic heterocycles. The van der Waals surface area contributed by atoms with Gasteiger partial charge in [0.25, 0.3) is 11.4 Å². The normalized spacial score (nSPS) is 34.2. The fourth-order valence-electron chi connectivity index (χ4n) is 6.04. The first-order valence-electron chi connectivity index (χ1n) is 10.0. The molecule has 1 unspecified atom stereocenters. The van der Waals surface area contributed by atoms with Crippen molar-refractivity contribution in [3.63, 3.8) is 0 Å². The van der Waals surface area contributed by atoms with E-state index in [-0.39, 0.29) is 48.1 Å². The molecule has 8 nitrogen and oxygen atoms in total. The molecule has 2 aliphatic carbocycles. The van der Waals surface area contributed by atoms with E-state index < -0.39 is 9.85 Å². The van der Waals surface area contributed by atoms with Gasteiger partial charge < -0.3 is 9.47 Å². The Morgan fingerprint density at radius 1 is 0.900 bits per heavy atom. The number of hydrogen-bond donors (Lipinski definition) is 0. The van der Waals surface area contributed by atoms with Crippen LogP contribution in [0, 0.1) is 43.9 Å². The number of rotatable bonds is 5. The molecule has 2 aliphatic heterocycles. The summed E-state index contributed by atoms with van der Waals surface area (Å²) in [6.07, 6.45) is 4.51. The number of ether oxygens (including phenoxy) is 2. The summed E-state index contributed by atoms with van der Waals surface area (Å²) in [5.74, 6) is 1.13. The molecule has 1 saturated heterocycles. The lowest BCUT2D eigenvalue weighted by atomic mass is 9.71. The van der Waals surface area contributed by atoms with Crippen molar-refractivity contribution in [1.29, 1.82) is 0 Å². The molecule has 4 aliphatic rings. The van der Waals surface area contributed by atoms with E-state index in [1.165, 1.54) is 23.3 Å². The van der Waals surface area contributed by atoms with Gasteiger partial charge in [-0.1, -0.05) is 36.4 Å². The van der Waals surface area contributed by atoms with Crippen molar-refractivity contribution in [3.8, 4) is 0 Å². The number of benzene rings is 2. The summed E-state index contributed by atoms with van der Waals surface area (Å²) in [6.45, 7) is 0.0518. The predicted molar refractivity (Wildman–Crippen MR) is 104 cm³/mol. The Kier molecular flexibility index (Phi) is 3.66. The van der Waals surface area contributed by atoms with E-state index in [1.54, 1.807) is 0 Å². The molecule has 30 heavy (non-hydrogen) atoms. The van der Waals surface area contributed by atoms with Crippen LogP contribution in [0.3, 0.4) is 0 Å². The molecule has 6 rings (SSSR count). The molecule has 2 heterocycles. The maximum absolute atomic E-state index is 11.4. The molecule has 152 valence electrons. The van der Waals surface area contributed by atoms with Crippen LogP contribution in [0.15, 0.2) is 54.6 Å². The molecule has 4 bridgehead atoms. The second kappa shape index (κ2) is 6.20. The van der Waals surface area contributed by atoms with Crippen LogP contribution in [-0.2, 0) is 16.1 Å². The summed E-state index contributed by atoms with van der Waals surface area (Å²) < 4.78 is 12.6. The van der Waals surface area contributed by atoms with Gasteiger partial charge in [-0.05, 0) is 17.2 Å². The highest BCUT2D eigenvalue weighted by Gasteiger charge is 2.65. The van der Waals surface area contributed by atoms with E-state index in [0.717, 1.165) is 6.07 Å². The first kappa shape index (κ1) is 17.7. The zero-order valence-corrected chi connectivity index (χ0v) is 15.8. The zero-order valence-electron chi connectivity index (χ0n) is 15.8. The third-order valence-electron chi connectivity index (χ3n) is 7.16. The van der Waals surface area contributed by atoms with Crippen LogP contribution >= 0.6 is 0 Å². The van der Waals surface area contributed by atoms with Gasteiger partial charge >= 0.3 is 0 Å². The summed E-state index contributed by atoms with van der Waals surface area (Å²) in [7, 11) is 0. The van der Waals surface area contributed by atoms with Crippen LogP contribution < -0.4 is 0 Å². The zero-order chi connectivity index (χ0) is 20.6. The van der Waals surface area contributed by atoms with Crippen LogP contribution in [0.5, 0.6) is 0 Å². The van der Waals surface area contributed by atoms with Crippen molar-refractivity contribution in [1.82, 2.24) is 0 Å². The monoisotopic (exact) mass is 406 g/mol. The van der Waals surface area contributed by atoms with Gasteiger partial charge in [-0.2, -0.15) is 0 Å². The highest BCUT2D eigenvalue weighted by Crippen LogP contribution is 2.68. The smallest absolute Gasteiger partial charge is 0.281 e. The average Bonchev–Trinajstić information content (AvgIpc) is 3.49. The predicted octanol–water partition coefficient (Wildman–Crippen LogP) is 4.26. The summed E-state index contributed by atoms with van der Waals surface area (Å²) in [6, 6.07) is 12.1. The third kappa shape index (κ3) is 2.28. The van der Waals surface area contributed by atoms with Crippen LogP contribution in [-0.4, -0.2) is 16.0 Å². The molecule has 0 radical (unpaired) electrons. The largest absolute Gasteiger partial charge is 0.372 e. The number of nitro groups is 2. The Balaban J connectivity index is 1.25. The lowest BCUT2D eigenvalue weighted by molar-refractivity contribution is -0.394. The molecule has 8 heteroatoms. The Labute approximate surface area is 171 Å². The lowest BCUT2D eigenvalue weighted by Crippen LogP contribution is -2.25. The van der Waals surface area contributed by atoms with Crippen molar-refractivity contribution in [2.45, 2.75) is 24.9 Å². The molecule has 0 amide bonds. The quantitative estimate of drug-likeness (QED) is 0.417. The van der Waals surface area contributed by atoms with Gasteiger partial charge in [0, 0.05) is 29.7 Å². The SMILES string of the molecule is O=[N+]([O-])c1ccc(COC2[C@H]3C=C[C@H]2[C@H]2[C@H]3[C@H]3O[C@@H]2c2ccccc23)c([N+](=O)[O-])c1. The first-order chi connectivity index (χ1) is 14.5. The molecule has 2 aromatic carbocycles. The molecule has 0 N–H and O–H groups in total. The summed E-state index contributed by atoms with van der Waals surface area (Å²) in [5, 5.41) is 22.4. The van der Waals surface area contributed by atoms with Crippen molar-refractivity contribution < 1.29 is 19.3 Å². The summed E-state index contributed by atoms with van der Waals surface area (Å²) in [4.78, 5) is 21.1. The molecule has 7 atom stereocenters. The second-order valence-corrected chi connectivity index (χ2v) is 8.40. The van der Waals surface area contributed by atoms with E-state index in [4.69, 9.17) is 9.47 Å². The Bertz CT molecular complexity index is 1070. The van der Waals surface area contributed by atoms with E-state index in [1.807, 2.05) is 12.1 Å². The van der Waals surface area contributed by atoms with Crippen LogP contribution in [0.25, 0.3) is 0 Å². The van der Waals surface area contributed by atoms with Gasteiger partial charge in [0.05, 0.1) is 46.4 Å². The second-order valence-electron chi connectivity index (χ2n) is 8.40. The number of non-ortho nitro benzene ring substituents is 1. The van der Waals surface area contributed by atoms with Crippen molar-refractivity contribution in [2.24, 2.45) is 23.7 Å². The van der Waals surface area contributed by atoms with E-state index >= 15 is 0 Å². The van der Waals surface area contributed by atoms with Crippen LogP contribution in [0.1, 0.15) is 28.9 Å². The fraction of sp³-hybridized carbons (Fsp3) is 0.364. The minimum Gasteiger partial charge on any atom is -0.372 e. The maximum atomic E-state index is 11.4. The maximum Gasteiger partial charge on any atom is 0.281 e. The summed E-state index contributed by atoms with van der Waals surface area (Å²) in [5.41, 5.74) is 2.32. The molecular weight excluding hydrogens is 388 g/mol. The van der Waals surface area contributed by atoms with Crippen LogP contribution in [0.4, 0.5) is 11.4 Å². The topological polar surface area (TPSA) is 105 Å². The molecular formula is C22H18N2O6. The lowest BCUT2D eigenvalue weighted by Gasteiger charge is -2.29. The van der Waals surface area contributed by atoms with Crippen LogP contribution in [0.2, 0.25) is 0 Å². The molecule has 2 fully saturated rings. The third-order valence-corrected chi connectivity index (χ3v) is 7.16. The Morgan fingerprint density at radius 3 is 2.10 bits per heavy atom.